The number of carbonyl (C=O) groups is 2. The van der Waals surface area contributed by atoms with Gasteiger partial charge in [0.2, 0.25) is 0 Å². The minimum Gasteiger partial charge on any atom is -0.386 e. The average Bonchev–Trinajstić information content (AvgIpc) is 2.89. The molecule has 0 aromatic heterocycles. The number of benzene rings is 2. The van der Waals surface area contributed by atoms with Gasteiger partial charge in [0, 0.05) is 17.1 Å². The first-order chi connectivity index (χ1) is 11.5. The number of fused-ring (bicyclic) bond motifs is 3. The van der Waals surface area contributed by atoms with Crippen molar-refractivity contribution in [2.24, 2.45) is 0 Å². The summed E-state index contributed by atoms with van der Waals surface area (Å²) in [6, 6.07) is 16.3. The number of rotatable bonds is 3. The molecule has 1 aliphatic carbocycles. The summed E-state index contributed by atoms with van der Waals surface area (Å²) in [5.74, 6) is -1.35. The summed E-state index contributed by atoms with van der Waals surface area (Å²) in [4.78, 5) is 23.6. The van der Waals surface area contributed by atoms with Crippen LogP contribution < -0.4 is 0 Å². The van der Waals surface area contributed by atoms with E-state index in [1.54, 1.807) is 6.92 Å². The van der Waals surface area contributed by atoms with E-state index in [1.165, 1.54) is 18.1 Å². The first kappa shape index (κ1) is 15.9. The van der Waals surface area contributed by atoms with Gasteiger partial charge in [-0.15, -0.1) is 0 Å². The fourth-order valence-electron chi connectivity index (χ4n) is 2.94. The number of carbonyl (C=O) groups excluding carboxylic acids is 2. The summed E-state index contributed by atoms with van der Waals surface area (Å²) in [6.45, 7) is 6.66. The Morgan fingerprint density at radius 2 is 1.42 bits per heavy atom. The Hall–Kier alpha value is -2.94. The van der Waals surface area contributed by atoms with Crippen LogP contribution in [0.3, 0.4) is 0 Å². The SMILES string of the molecule is C=C(C)C(=O)OC(=O)C(C)=CC1c2ccccc2-c2ccccc21. The van der Waals surface area contributed by atoms with E-state index in [0.717, 1.165) is 11.1 Å². The lowest BCUT2D eigenvalue weighted by atomic mass is 9.95. The highest BCUT2D eigenvalue weighted by Gasteiger charge is 2.27. The predicted molar refractivity (Wildman–Crippen MR) is 93.4 cm³/mol. The van der Waals surface area contributed by atoms with E-state index in [4.69, 9.17) is 4.74 Å². The van der Waals surface area contributed by atoms with E-state index in [2.05, 4.69) is 30.8 Å². The third-order valence-corrected chi connectivity index (χ3v) is 4.15. The maximum absolute atomic E-state index is 12.1. The van der Waals surface area contributed by atoms with E-state index in [1.807, 2.05) is 30.3 Å². The van der Waals surface area contributed by atoms with Crippen LogP contribution in [-0.4, -0.2) is 11.9 Å². The molecule has 3 nitrogen and oxygen atoms in total. The molecule has 3 rings (SSSR count). The lowest BCUT2D eigenvalue weighted by Crippen LogP contribution is -2.14. The Morgan fingerprint density at radius 1 is 0.917 bits per heavy atom. The number of hydrogen-bond acceptors (Lipinski definition) is 3. The van der Waals surface area contributed by atoms with Crippen LogP contribution in [0.2, 0.25) is 0 Å². The summed E-state index contributed by atoms with van der Waals surface area (Å²) in [5, 5.41) is 0. The molecule has 120 valence electrons. The molecule has 0 bridgehead atoms. The summed E-state index contributed by atoms with van der Waals surface area (Å²) in [6.07, 6.45) is 1.86. The van der Waals surface area contributed by atoms with Crippen molar-refractivity contribution in [1.82, 2.24) is 0 Å². The molecule has 2 aromatic rings. The van der Waals surface area contributed by atoms with Gasteiger partial charge in [0.05, 0.1) is 0 Å². The quantitative estimate of drug-likeness (QED) is 0.479. The lowest BCUT2D eigenvalue weighted by molar-refractivity contribution is -0.153. The standard InChI is InChI=1S/C21H18O3/c1-13(2)20(22)24-21(23)14(3)12-19-17-10-6-4-8-15(17)16-9-5-7-11-18(16)19/h4-12,19H,1H2,2-3H3. The molecule has 0 fully saturated rings. The van der Waals surface area contributed by atoms with Gasteiger partial charge in [0.25, 0.3) is 0 Å². The fraction of sp³-hybridized carbons (Fsp3) is 0.143. The fourth-order valence-corrected chi connectivity index (χ4v) is 2.94. The molecular weight excluding hydrogens is 300 g/mol. The summed E-state index contributed by atoms with van der Waals surface area (Å²) in [5.41, 5.74) is 5.25. The maximum Gasteiger partial charge on any atom is 0.341 e. The van der Waals surface area contributed by atoms with Crippen molar-refractivity contribution in [3.05, 3.63) is 83.5 Å². The van der Waals surface area contributed by atoms with Gasteiger partial charge in [-0.3, -0.25) is 0 Å². The second kappa shape index (κ2) is 6.28. The summed E-state index contributed by atoms with van der Waals surface area (Å²) < 4.78 is 4.81. The molecule has 1 aliphatic rings. The molecule has 0 unspecified atom stereocenters. The van der Waals surface area contributed by atoms with E-state index in [-0.39, 0.29) is 11.5 Å². The second-order valence-corrected chi connectivity index (χ2v) is 5.96. The molecule has 0 saturated carbocycles. The molecule has 0 aliphatic heterocycles. The van der Waals surface area contributed by atoms with Crippen LogP contribution in [0.15, 0.2) is 72.3 Å². The largest absolute Gasteiger partial charge is 0.386 e. The Labute approximate surface area is 141 Å². The zero-order chi connectivity index (χ0) is 17.3. The van der Waals surface area contributed by atoms with Gasteiger partial charge in [-0.25, -0.2) is 9.59 Å². The Morgan fingerprint density at radius 3 is 1.92 bits per heavy atom. The monoisotopic (exact) mass is 318 g/mol. The van der Waals surface area contributed by atoms with E-state index >= 15 is 0 Å². The van der Waals surface area contributed by atoms with Gasteiger partial charge in [-0.1, -0.05) is 61.2 Å². The summed E-state index contributed by atoms with van der Waals surface area (Å²) >= 11 is 0. The molecule has 0 amide bonds. The van der Waals surface area contributed by atoms with Gasteiger partial charge in [0.15, 0.2) is 0 Å². The highest BCUT2D eigenvalue weighted by Crippen LogP contribution is 2.45. The van der Waals surface area contributed by atoms with Crippen LogP contribution in [0.5, 0.6) is 0 Å². The molecule has 24 heavy (non-hydrogen) atoms. The first-order valence-electron chi connectivity index (χ1n) is 7.77. The second-order valence-electron chi connectivity index (χ2n) is 5.96. The van der Waals surface area contributed by atoms with Crippen LogP contribution in [-0.2, 0) is 14.3 Å². The molecule has 0 heterocycles. The normalized spacial score (nSPS) is 13.2. The van der Waals surface area contributed by atoms with Crippen molar-refractivity contribution in [3.63, 3.8) is 0 Å². The van der Waals surface area contributed by atoms with Crippen LogP contribution in [0.1, 0.15) is 30.9 Å². The smallest absolute Gasteiger partial charge is 0.341 e. The van der Waals surface area contributed by atoms with Gasteiger partial charge < -0.3 is 4.74 Å². The van der Waals surface area contributed by atoms with Crippen LogP contribution >= 0.6 is 0 Å². The zero-order valence-corrected chi connectivity index (χ0v) is 13.7. The van der Waals surface area contributed by atoms with Crippen molar-refractivity contribution in [3.8, 4) is 11.1 Å². The van der Waals surface area contributed by atoms with Crippen molar-refractivity contribution in [1.29, 1.82) is 0 Å². The highest BCUT2D eigenvalue weighted by molar-refractivity contribution is 6.01. The molecule has 0 saturated heterocycles. The molecular formula is C21H18O3. The van der Waals surface area contributed by atoms with E-state index in [9.17, 15) is 9.59 Å². The first-order valence-corrected chi connectivity index (χ1v) is 7.77. The Kier molecular flexibility index (Phi) is 4.17. The van der Waals surface area contributed by atoms with Crippen molar-refractivity contribution in [2.75, 3.05) is 0 Å². The third-order valence-electron chi connectivity index (χ3n) is 4.15. The zero-order valence-electron chi connectivity index (χ0n) is 13.7. The number of allylic oxidation sites excluding steroid dienone is 1. The van der Waals surface area contributed by atoms with E-state index in [0.29, 0.717) is 5.57 Å². The minimum atomic E-state index is -0.694. The van der Waals surface area contributed by atoms with Crippen LogP contribution in [0.25, 0.3) is 11.1 Å². The van der Waals surface area contributed by atoms with Gasteiger partial charge in [0.1, 0.15) is 0 Å². The summed E-state index contributed by atoms with van der Waals surface area (Å²) in [7, 11) is 0. The molecule has 0 atom stereocenters. The Bertz CT molecular complexity index is 829. The van der Waals surface area contributed by atoms with Gasteiger partial charge in [-0.05, 0) is 36.1 Å². The minimum absolute atomic E-state index is 0.0233. The number of esters is 2. The maximum atomic E-state index is 12.1. The Balaban J connectivity index is 1.96. The van der Waals surface area contributed by atoms with Crippen LogP contribution in [0.4, 0.5) is 0 Å². The van der Waals surface area contributed by atoms with Gasteiger partial charge in [-0.2, -0.15) is 0 Å². The highest BCUT2D eigenvalue weighted by atomic mass is 16.6. The van der Waals surface area contributed by atoms with Crippen LogP contribution in [0, 0.1) is 0 Å². The van der Waals surface area contributed by atoms with Crippen molar-refractivity contribution >= 4 is 11.9 Å². The third kappa shape index (κ3) is 2.81. The van der Waals surface area contributed by atoms with E-state index < -0.39 is 11.9 Å². The molecule has 2 aromatic carbocycles. The van der Waals surface area contributed by atoms with Crippen molar-refractivity contribution in [2.45, 2.75) is 19.8 Å². The van der Waals surface area contributed by atoms with Gasteiger partial charge >= 0.3 is 11.9 Å². The predicted octanol–water partition coefficient (Wildman–Crippen LogP) is 4.39. The topological polar surface area (TPSA) is 43.4 Å². The average molecular weight is 318 g/mol. The van der Waals surface area contributed by atoms with Crippen molar-refractivity contribution < 1.29 is 14.3 Å². The number of hydrogen-bond donors (Lipinski definition) is 0. The molecule has 3 heteroatoms. The molecule has 0 spiro atoms. The molecule has 0 radical (unpaired) electrons. The number of ether oxygens (including phenoxy) is 1. The lowest BCUT2D eigenvalue weighted by Gasteiger charge is -2.10. The molecule has 0 N–H and O–H groups in total.